The van der Waals surface area contributed by atoms with Gasteiger partial charge in [-0.3, -0.25) is 4.57 Å². The van der Waals surface area contributed by atoms with Crippen LogP contribution in [0.2, 0.25) is 0 Å². The monoisotopic (exact) mass is 294 g/mol. The van der Waals surface area contributed by atoms with Gasteiger partial charge in [-0.15, -0.1) is 0 Å². The highest BCUT2D eigenvalue weighted by Crippen LogP contribution is 2.42. The van der Waals surface area contributed by atoms with Crippen LogP contribution in [0.4, 0.5) is 0 Å². The van der Waals surface area contributed by atoms with Gasteiger partial charge in [-0.2, -0.15) is 0 Å². The molecule has 0 spiro atoms. The molecule has 1 aromatic carbocycles. The third-order valence-corrected chi connectivity index (χ3v) is 3.87. The van der Waals surface area contributed by atoms with Crippen molar-refractivity contribution >= 4 is 15.0 Å². The molecule has 0 fully saturated rings. The van der Waals surface area contributed by atoms with Crippen LogP contribution >= 0.6 is 15.0 Å². The van der Waals surface area contributed by atoms with Crippen molar-refractivity contribution in [2.45, 2.75) is 0 Å². The van der Waals surface area contributed by atoms with E-state index in [0.717, 1.165) is 0 Å². The Balaban J connectivity index is 0.000000411. The highest BCUT2D eigenvalue weighted by molar-refractivity contribution is 7.57. The van der Waals surface area contributed by atoms with Gasteiger partial charge in [0.2, 0.25) is 0 Å². The molecule has 1 atom stereocenters. The van der Waals surface area contributed by atoms with Crippen molar-refractivity contribution in [3.8, 4) is 5.75 Å². The molecule has 1 rings (SSSR count). The summed E-state index contributed by atoms with van der Waals surface area (Å²) in [5.74, 6) is 0.560. The zero-order valence-electron chi connectivity index (χ0n) is 11.3. The maximum absolute atomic E-state index is 11.3. The van der Waals surface area contributed by atoms with Crippen molar-refractivity contribution in [3.05, 3.63) is 30.3 Å². The van der Waals surface area contributed by atoms with Crippen LogP contribution < -0.4 is 4.52 Å². The Morgan fingerprint density at radius 1 is 0.889 bits per heavy atom. The molecule has 0 aromatic heterocycles. The van der Waals surface area contributed by atoms with Crippen molar-refractivity contribution in [3.63, 3.8) is 0 Å². The molecule has 7 heteroatoms. The first-order valence-electron chi connectivity index (χ1n) is 5.19. The van der Waals surface area contributed by atoms with Crippen molar-refractivity contribution in [1.29, 1.82) is 0 Å². The van der Waals surface area contributed by atoms with Crippen molar-refractivity contribution in [2.75, 3.05) is 34.2 Å². The van der Waals surface area contributed by atoms with Gasteiger partial charge in [0.1, 0.15) is 5.75 Å². The Kier molecular flexibility index (Phi) is 7.49. The summed E-state index contributed by atoms with van der Waals surface area (Å²) < 4.78 is 35.9. The molecular weight excluding hydrogens is 274 g/mol. The number of benzene rings is 1. The van der Waals surface area contributed by atoms with E-state index in [4.69, 9.17) is 4.52 Å². The summed E-state index contributed by atoms with van der Waals surface area (Å²) in [4.78, 5) is 0. The molecule has 104 valence electrons. The van der Waals surface area contributed by atoms with E-state index in [1.807, 2.05) is 18.2 Å². The van der Waals surface area contributed by atoms with Gasteiger partial charge < -0.3 is 13.6 Å². The third-order valence-electron chi connectivity index (χ3n) is 1.79. The first-order chi connectivity index (χ1) is 8.20. The molecule has 0 unspecified atom stereocenters. The fraction of sp³-hybridized carbons (Fsp3) is 0.455. The topological polar surface area (TPSA) is 61.8 Å². The zero-order valence-corrected chi connectivity index (χ0v) is 13.1. The second-order valence-electron chi connectivity index (χ2n) is 3.79. The van der Waals surface area contributed by atoms with Crippen molar-refractivity contribution < 1.29 is 22.7 Å². The highest BCUT2D eigenvalue weighted by atomic mass is 31.2. The average molecular weight is 294 g/mol. The molecule has 0 aliphatic heterocycles. The maximum atomic E-state index is 11.3. The van der Waals surface area contributed by atoms with E-state index in [1.165, 1.54) is 20.9 Å². The van der Waals surface area contributed by atoms with Gasteiger partial charge in [-0.05, 0) is 12.1 Å². The summed E-state index contributed by atoms with van der Waals surface area (Å²) in [5, 5.41) is 0. The third kappa shape index (κ3) is 9.43. The predicted octanol–water partition coefficient (Wildman–Crippen LogP) is 3.71. The van der Waals surface area contributed by atoms with Crippen LogP contribution in [0.25, 0.3) is 0 Å². The Morgan fingerprint density at radius 2 is 1.33 bits per heavy atom. The number of hydrogen-bond acceptors (Lipinski definition) is 5. The lowest BCUT2D eigenvalue weighted by Crippen LogP contribution is -1.92. The van der Waals surface area contributed by atoms with E-state index in [-0.39, 0.29) is 0 Å². The normalized spacial score (nSPS) is 14.1. The summed E-state index contributed by atoms with van der Waals surface area (Å²) >= 11 is 0. The minimum Gasteiger partial charge on any atom is -0.425 e. The van der Waals surface area contributed by atoms with Gasteiger partial charge >= 0.3 is 7.60 Å². The molecule has 0 bridgehead atoms. The molecule has 18 heavy (non-hydrogen) atoms. The molecule has 0 N–H and O–H groups in total. The van der Waals surface area contributed by atoms with E-state index < -0.39 is 15.0 Å². The summed E-state index contributed by atoms with van der Waals surface area (Å²) in [6.45, 7) is 4.58. The first-order valence-corrected chi connectivity index (χ1v) is 9.69. The smallest absolute Gasteiger partial charge is 0.375 e. The van der Waals surface area contributed by atoms with E-state index in [0.29, 0.717) is 5.75 Å². The number of para-hydroxylation sites is 1. The summed E-state index contributed by atoms with van der Waals surface area (Å²) in [6.07, 6.45) is 0. The highest BCUT2D eigenvalue weighted by Gasteiger charge is 2.15. The summed E-state index contributed by atoms with van der Waals surface area (Å²) in [6, 6.07) is 8.95. The quantitative estimate of drug-likeness (QED) is 0.792. The van der Waals surface area contributed by atoms with E-state index in [9.17, 15) is 9.13 Å². The second-order valence-corrected chi connectivity index (χ2v) is 8.75. The lowest BCUT2D eigenvalue weighted by atomic mass is 10.3. The summed E-state index contributed by atoms with van der Waals surface area (Å²) in [5.41, 5.74) is 0. The Morgan fingerprint density at radius 3 is 1.67 bits per heavy atom. The van der Waals surface area contributed by atoms with Gasteiger partial charge in [-0.25, -0.2) is 4.57 Å². The van der Waals surface area contributed by atoms with Crippen LogP contribution in [-0.4, -0.2) is 34.2 Å². The Labute approximate surface area is 108 Å². The predicted molar refractivity (Wildman–Crippen MR) is 74.1 cm³/mol. The zero-order chi connectivity index (χ0) is 14.2. The maximum Gasteiger partial charge on any atom is 0.375 e. The Hall–Kier alpha value is -0.600. The van der Waals surface area contributed by atoms with Crippen molar-refractivity contribution in [1.82, 2.24) is 0 Å². The van der Waals surface area contributed by atoms with Crippen LogP contribution in [0.3, 0.4) is 0 Å². The molecule has 0 saturated carbocycles. The molecule has 0 aliphatic carbocycles. The van der Waals surface area contributed by atoms with Gasteiger partial charge in [-0.1, -0.05) is 18.2 Å². The average Bonchev–Trinajstić information content (AvgIpc) is 2.30. The van der Waals surface area contributed by atoms with E-state index in [1.54, 1.807) is 25.5 Å². The minimum absolute atomic E-state index is 0.560. The van der Waals surface area contributed by atoms with Crippen molar-refractivity contribution in [2.24, 2.45) is 0 Å². The van der Waals surface area contributed by atoms with Crippen LogP contribution in [0.15, 0.2) is 30.3 Å². The van der Waals surface area contributed by atoms with Crippen LogP contribution in [0, 0.1) is 0 Å². The molecule has 0 amide bonds. The SMILES string of the molecule is COP(C)(C)=O.CO[P@](C)(=O)Oc1ccccc1. The Bertz CT molecular complexity index is 426. The standard InChI is InChI=1S/C8H11O3P.C3H9O2P/c1-10-12(2,9)11-8-6-4-3-5-7-8;1-5-6(2,3)4/h3-7H,1-2H3;1-3H3/t12-;/m0./s1. The minimum atomic E-state index is -2.90. The molecule has 0 radical (unpaired) electrons. The molecule has 0 saturated heterocycles. The molecule has 1 aromatic rings. The fourth-order valence-corrected chi connectivity index (χ4v) is 1.29. The van der Waals surface area contributed by atoms with Gasteiger partial charge in [0.05, 0.1) is 0 Å². The summed E-state index contributed by atoms with van der Waals surface area (Å²) in [7, 11) is -2.23. The van der Waals surface area contributed by atoms with Crippen LogP contribution in [-0.2, 0) is 18.2 Å². The van der Waals surface area contributed by atoms with Crippen LogP contribution in [0.5, 0.6) is 5.75 Å². The largest absolute Gasteiger partial charge is 0.425 e. The lowest BCUT2D eigenvalue weighted by Gasteiger charge is -2.11. The fourth-order valence-electron chi connectivity index (χ4n) is 0.710. The van der Waals surface area contributed by atoms with Gasteiger partial charge in [0, 0.05) is 34.2 Å². The van der Waals surface area contributed by atoms with Gasteiger partial charge in [0.25, 0.3) is 0 Å². The molecular formula is C11H20O5P2. The second kappa shape index (κ2) is 7.75. The lowest BCUT2D eigenvalue weighted by molar-refractivity contribution is 0.328. The first kappa shape index (κ1) is 17.4. The number of hydrogen-bond donors (Lipinski definition) is 0. The van der Waals surface area contributed by atoms with Crippen LogP contribution in [0.1, 0.15) is 0 Å². The molecule has 0 heterocycles. The molecule has 0 aliphatic rings. The molecule has 5 nitrogen and oxygen atoms in total. The van der Waals surface area contributed by atoms with E-state index >= 15 is 0 Å². The van der Waals surface area contributed by atoms with E-state index in [2.05, 4.69) is 9.05 Å². The number of rotatable bonds is 4. The van der Waals surface area contributed by atoms with Gasteiger partial charge in [0.15, 0.2) is 7.37 Å².